The van der Waals surface area contributed by atoms with Gasteiger partial charge >= 0.3 is 13.2 Å². The second kappa shape index (κ2) is 9.66. The highest BCUT2D eigenvalue weighted by Gasteiger charge is 2.51. The van der Waals surface area contributed by atoms with Crippen LogP contribution in [0.2, 0.25) is 0 Å². The van der Waals surface area contributed by atoms with Gasteiger partial charge in [-0.05, 0) is 72.5 Å². The predicted molar refractivity (Wildman–Crippen MR) is 129 cm³/mol. The number of likely N-dealkylation sites (tertiary alicyclic amines) is 1. The van der Waals surface area contributed by atoms with Gasteiger partial charge in [-0.25, -0.2) is 4.79 Å². The summed E-state index contributed by atoms with van der Waals surface area (Å²) in [7, 11) is 1.02. The highest BCUT2D eigenvalue weighted by atomic mass is 16.7. The molecule has 0 bridgehead atoms. The number of carbonyl (C=O) groups excluding carboxylic acids is 2. The molecule has 0 radical (unpaired) electrons. The van der Waals surface area contributed by atoms with E-state index in [0.29, 0.717) is 31.0 Å². The van der Waals surface area contributed by atoms with Crippen molar-refractivity contribution in [1.29, 1.82) is 0 Å². The van der Waals surface area contributed by atoms with Crippen LogP contribution in [0.4, 0.5) is 4.79 Å². The molecule has 0 saturated carbocycles. The molecule has 1 aromatic carbocycles. The number of ether oxygens (including phenoxy) is 3. The molecule has 0 aromatic heterocycles. The smallest absolute Gasteiger partial charge is 0.493 e. The molecule has 2 fully saturated rings. The van der Waals surface area contributed by atoms with Gasteiger partial charge < -0.3 is 33.7 Å². The van der Waals surface area contributed by atoms with E-state index in [1.807, 2.05) is 54.5 Å². The minimum atomic E-state index is -0.552. The lowest BCUT2D eigenvalue weighted by Gasteiger charge is -2.32. The molecule has 1 atom stereocenters. The number of hydrogen-bond acceptors (Lipinski definition) is 7. The van der Waals surface area contributed by atoms with Gasteiger partial charge in [0.15, 0.2) is 18.1 Å². The third kappa shape index (κ3) is 6.15. The van der Waals surface area contributed by atoms with Crippen LogP contribution in [0.5, 0.6) is 11.5 Å². The largest absolute Gasteiger partial charge is 0.494 e. The van der Waals surface area contributed by atoms with Gasteiger partial charge in [0.2, 0.25) is 0 Å². The summed E-state index contributed by atoms with van der Waals surface area (Å²) in [5, 5.41) is 2.91. The first-order valence-electron chi connectivity index (χ1n) is 11.6. The van der Waals surface area contributed by atoms with Crippen LogP contribution in [-0.4, -0.2) is 73.7 Å². The van der Waals surface area contributed by atoms with Crippen molar-refractivity contribution in [1.82, 2.24) is 10.2 Å². The molecule has 1 unspecified atom stereocenters. The third-order valence-electron chi connectivity index (χ3n) is 6.28. The van der Waals surface area contributed by atoms with Crippen LogP contribution >= 0.6 is 0 Å². The van der Waals surface area contributed by atoms with E-state index in [-0.39, 0.29) is 24.6 Å². The van der Waals surface area contributed by atoms with Crippen LogP contribution in [-0.2, 0) is 18.8 Å². The predicted octanol–water partition coefficient (Wildman–Crippen LogP) is 2.50. The van der Waals surface area contributed by atoms with Crippen molar-refractivity contribution in [2.75, 3.05) is 26.8 Å². The number of benzene rings is 1. The second-order valence-electron chi connectivity index (χ2n) is 10.8. The summed E-state index contributed by atoms with van der Waals surface area (Å²) < 4.78 is 28.8. The van der Waals surface area contributed by atoms with E-state index in [0.717, 1.165) is 5.46 Å². The minimum absolute atomic E-state index is 0.142. The van der Waals surface area contributed by atoms with Crippen molar-refractivity contribution in [3.05, 3.63) is 18.2 Å². The summed E-state index contributed by atoms with van der Waals surface area (Å²) in [6, 6.07) is 5.24. The zero-order valence-corrected chi connectivity index (χ0v) is 21.5. The normalized spacial score (nSPS) is 21.4. The van der Waals surface area contributed by atoms with Crippen LogP contribution in [0, 0.1) is 0 Å². The van der Waals surface area contributed by atoms with Crippen LogP contribution < -0.4 is 20.3 Å². The number of hydrogen-bond donors (Lipinski definition) is 1. The molecule has 2 heterocycles. The van der Waals surface area contributed by atoms with Crippen molar-refractivity contribution in [2.45, 2.75) is 77.7 Å². The number of nitrogens with one attached hydrogen (secondary N) is 1. The zero-order valence-electron chi connectivity index (χ0n) is 21.5. The lowest BCUT2D eigenvalue weighted by atomic mass is 9.79. The summed E-state index contributed by atoms with van der Waals surface area (Å²) in [6.07, 6.45) is 0.296. The number of nitrogens with zero attached hydrogens (tertiary/aromatic N) is 1. The average Bonchev–Trinajstić information content (AvgIpc) is 3.26. The molecule has 2 amide bonds. The molecule has 1 N–H and O–H groups in total. The molecule has 1 aromatic rings. The molecule has 9 nitrogen and oxygen atoms in total. The summed E-state index contributed by atoms with van der Waals surface area (Å²) >= 11 is 0. The van der Waals surface area contributed by atoms with E-state index in [1.165, 1.54) is 0 Å². The van der Waals surface area contributed by atoms with Gasteiger partial charge in [-0.15, -0.1) is 0 Å². The molecular formula is C24H37BN2O7. The van der Waals surface area contributed by atoms with Crippen LogP contribution in [0.15, 0.2) is 18.2 Å². The summed E-state index contributed by atoms with van der Waals surface area (Å²) in [5.74, 6) is 0.657. The van der Waals surface area contributed by atoms with Crippen molar-refractivity contribution < 1.29 is 33.1 Å². The lowest BCUT2D eigenvalue weighted by Crippen LogP contribution is -2.41. The zero-order chi connectivity index (χ0) is 25.3. The Morgan fingerprint density at radius 3 is 2.38 bits per heavy atom. The Morgan fingerprint density at radius 1 is 1.15 bits per heavy atom. The number of rotatable bonds is 6. The van der Waals surface area contributed by atoms with Crippen LogP contribution in [0.25, 0.3) is 0 Å². The van der Waals surface area contributed by atoms with E-state index >= 15 is 0 Å². The molecule has 2 saturated heterocycles. The summed E-state index contributed by atoms with van der Waals surface area (Å²) in [4.78, 5) is 26.3. The topological polar surface area (TPSA) is 95.6 Å². The Kier molecular flexibility index (Phi) is 7.43. The molecule has 2 aliphatic rings. The van der Waals surface area contributed by atoms with Gasteiger partial charge in [-0.3, -0.25) is 4.79 Å². The Hall–Kier alpha value is -2.46. The van der Waals surface area contributed by atoms with Gasteiger partial charge in [0.05, 0.1) is 18.3 Å². The fourth-order valence-electron chi connectivity index (χ4n) is 3.71. The highest BCUT2D eigenvalue weighted by Crippen LogP contribution is 2.37. The highest BCUT2D eigenvalue weighted by molar-refractivity contribution is 6.62. The Balaban J connectivity index is 1.53. The monoisotopic (exact) mass is 476 g/mol. The molecule has 10 heteroatoms. The van der Waals surface area contributed by atoms with Gasteiger partial charge in [-0.2, -0.15) is 0 Å². The first-order chi connectivity index (χ1) is 15.7. The second-order valence-corrected chi connectivity index (χ2v) is 10.8. The standard InChI is InChI=1S/C24H37BN2O7/c1-22(2,3)32-21(29)27-12-11-17(14-27)26-20(28)15-31-18-10-9-16(13-19(18)30-8)25-33-23(4,5)24(6,7)34-25/h9-10,13,17H,11-12,14-15H2,1-8H3,(H,26,28). The van der Waals surface area contributed by atoms with Crippen LogP contribution in [0.1, 0.15) is 54.9 Å². The van der Waals surface area contributed by atoms with Gasteiger partial charge in [0.1, 0.15) is 5.60 Å². The van der Waals surface area contributed by atoms with E-state index in [2.05, 4.69) is 5.32 Å². The van der Waals surface area contributed by atoms with Crippen molar-refractivity contribution in [3.8, 4) is 11.5 Å². The molecule has 188 valence electrons. The van der Waals surface area contributed by atoms with Gasteiger partial charge in [0, 0.05) is 19.1 Å². The Morgan fingerprint density at radius 2 is 1.79 bits per heavy atom. The molecule has 0 aliphatic carbocycles. The number of amides is 2. The number of methoxy groups -OCH3 is 1. The maximum atomic E-state index is 12.4. The Labute approximate surface area is 202 Å². The molecule has 2 aliphatic heterocycles. The summed E-state index contributed by atoms with van der Waals surface area (Å²) in [5.41, 5.74) is -0.640. The Bertz CT molecular complexity index is 897. The SMILES string of the molecule is COc1cc(B2OC(C)(C)C(C)(C)O2)ccc1OCC(=O)NC1CCN(C(=O)OC(C)(C)C)C1. The van der Waals surface area contributed by atoms with Crippen molar-refractivity contribution in [2.24, 2.45) is 0 Å². The fourth-order valence-corrected chi connectivity index (χ4v) is 3.71. The van der Waals surface area contributed by atoms with Gasteiger partial charge in [0.25, 0.3) is 5.91 Å². The van der Waals surface area contributed by atoms with E-state index in [4.69, 9.17) is 23.5 Å². The van der Waals surface area contributed by atoms with E-state index in [1.54, 1.807) is 24.1 Å². The minimum Gasteiger partial charge on any atom is -0.493 e. The molecule has 0 spiro atoms. The van der Waals surface area contributed by atoms with E-state index in [9.17, 15) is 9.59 Å². The first-order valence-corrected chi connectivity index (χ1v) is 11.6. The van der Waals surface area contributed by atoms with Crippen molar-refractivity contribution >= 4 is 24.6 Å². The maximum Gasteiger partial charge on any atom is 0.494 e. The average molecular weight is 476 g/mol. The number of carbonyl (C=O) groups is 2. The quantitative estimate of drug-likeness (QED) is 0.631. The fraction of sp³-hybridized carbons (Fsp3) is 0.667. The lowest BCUT2D eigenvalue weighted by molar-refractivity contribution is -0.123. The molecular weight excluding hydrogens is 439 g/mol. The van der Waals surface area contributed by atoms with E-state index < -0.39 is 23.9 Å². The molecule has 3 rings (SSSR count). The first kappa shape index (κ1) is 26.2. The van der Waals surface area contributed by atoms with Crippen LogP contribution in [0.3, 0.4) is 0 Å². The third-order valence-corrected chi connectivity index (χ3v) is 6.28. The van der Waals surface area contributed by atoms with Crippen molar-refractivity contribution in [3.63, 3.8) is 0 Å². The maximum absolute atomic E-state index is 12.4. The van der Waals surface area contributed by atoms with Gasteiger partial charge in [-0.1, -0.05) is 6.07 Å². The molecule has 34 heavy (non-hydrogen) atoms. The summed E-state index contributed by atoms with van der Waals surface area (Å²) in [6.45, 7) is 14.2.